The smallest absolute Gasteiger partial charge is 0.243 e. The Morgan fingerprint density at radius 1 is 1.00 bits per heavy atom. The van der Waals surface area contributed by atoms with Crippen molar-refractivity contribution in [2.24, 2.45) is 0 Å². The first kappa shape index (κ1) is 16.7. The molecule has 1 rings (SSSR count). The van der Waals surface area contributed by atoms with Crippen LogP contribution in [0.1, 0.15) is 38.5 Å². The monoisotopic (exact) mass is 310 g/mol. The van der Waals surface area contributed by atoms with Gasteiger partial charge in [0.05, 0.1) is 25.1 Å². The zero-order valence-electron chi connectivity index (χ0n) is 10.6. The Morgan fingerprint density at radius 2 is 1.72 bits per heavy atom. The lowest BCUT2D eigenvalue weighted by atomic mass is 10.1. The first-order valence-corrected chi connectivity index (χ1v) is 6.15. The van der Waals surface area contributed by atoms with E-state index in [0.29, 0.717) is 12.8 Å². The second-order valence-electron chi connectivity index (χ2n) is 4.12. The van der Waals surface area contributed by atoms with Crippen molar-refractivity contribution in [3.8, 4) is 12.1 Å². The zero-order chi connectivity index (χ0) is 12.3. The number of nitrogens with zero attached hydrogens (tertiary/aromatic N) is 4. The summed E-state index contributed by atoms with van der Waals surface area (Å²) in [5.41, 5.74) is 0. The van der Waals surface area contributed by atoms with Crippen molar-refractivity contribution in [2.75, 3.05) is 0 Å². The molecule has 1 heterocycles. The Labute approximate surface area is 119 Å². The van der Waals surface area contributed by atoms with E-state index in [4.69, 9.17) is 10.5 Å². The summed E-state index contributed by atoms with van der Waals surface area (Å²) in [5.74, 6) is 0. The van der Waals surface area contributed by atoms with E-state index in [1.54, 1.807) is 0 Å². The molecule has 5 heteroatoms. The van der Waals surface area contributed by atoms with Crippen LogP contribution >= 0.6 is 0 Å². The van der Waals surface area contributed by atoms with Crippen LogP contribution in [-0.4, -0.2) is 4.57 Å². The molecule has 0 amide bonds. The summed E-state index contributed by atoms with van der Waals surface area (Å²) in [4.78, 5) is 0. The van der Waals surface area contributed by atoms with E-state index < -0.39 is 0 Å². The Hall–Kier alpha value is -1.33. The van der Waals surface area contributed by atoms with Crippen molar-refractivity contribution >= 4 is 0 Å². The van der Waals surface area contributed by atoms with Crippen molar-refractivity contribution in [2.45, 2.75) is 51.6 Å². The molecule has 1 aromatic heterocycles. The molecule has 0 aliphatic carbocycles. The number of nitriles is 2. The summed E-state index contributed by atoms with van der Waals surface area (Å²) in [6.45, 7) is 1.79. The van der Waals surface area contributed by atoms with Crippen LogP contribution in [0.3, 0.4) is 0 Å². The van der Waals surface area contributed by atoms with Crippen LogP contribution in [0.25, 0.3) is 0 Å². The number of rotatable bonds is 8. The van der Waals surface area contributed by atoms with Crippen molar-refractivity contribution in [3.05, 3.63) is 18.7 Å². The van der Waals surface area contributed by atoms with Crippen LogP contribution < -0.4 is 21.5 Å². The van der Waals surface area contributed by atoms with Gasteiger partial charge < -0.3 is 17.0 Å². The third-order valence-electron chi connectivity index (χ3n) is 2.68. The van der Waals surface area contributed by atoms with Crippen LogP contribution in [0.15, 0.2) is 18.7 Å². The molecule has 4 nitrogen and oxygen atoms in total. The Kier molecular flexibility index (Phi) is 10.0. The number of hydrogen-bond acceptors (Lipinski definition) is 2. The number of aryl methyl sites for hydroxylation is 2. The average Bonchev–Trinajstić information content (AvgIpc) is 2.79. The van der Waals surface area contributed by atoms with Gasteiger partial charge in [0.15, 0.2) is 0 Å². The number of unbranched alkanes of at least 4 members (excludes halogenated alkanes) is 4. The first-order valence-electron chi connectivity index (χ1n) is 6.15. The van der Waals surface area contributed by atoms with Gasteiger partial charge in [-0.3, -0.25) is 0 Å². The number of halogens is 1. The van der Waals surface area contributed by atoms with E-state index in [1.807, 2.05) is 23.3 Å². The van der Waals surface area contributed by atoms with Gasteiger partial charge in [-0.1, -0.05) is 6.42 Å². The molecule has 0 atom stereocenters. The van der Waals surface area contributed by atoms with Crippen molar-refractivity contribution in [1.82, 2.24) is 4.57 Å². The molecule has 0 aliphatic rings. The molecule has 0 radical (unpaired) electrons. The zero-order valence-corrected chi connectivity index (χ0v) is 12.1. The molecule has 0 spiro atoms. The lowest BCUT2D eigenvalue weighted by Gasteiger charge is -1.97. The Morgan fingerprint density at radius 3 is 2.44 bits per heavy atom. The first-order chi connectivity index (χ1) is 8.36. The van der Waals surface area contributed by atoms with E-state index >= 15 is 0 Å². The van der Waals surface area contributed by atoms with E-state index in [0.717, 1.165) is 32.4 Å². The highest BCUT2D eigenvalue weighted by Crippen LogP contribution is 2.03. The highest BCUT2D eigenvalue weighted by Gasteiger charge is 2.02. The lowest BCUT2D eigenvalue weighted by molar-refractivity contribution is -0.695. The van der Waals surface area contributed by atoms with Gasteiger partial charge in [0.1, 0.15) is 18.9 Å². The minimum atomic E-state index is 0. The van der Waals surface area contributed by atoms with E-state index in [-0.39, 0.29) is 17.0 Å². The number of hydrogen-bond donors (Lipinski definition) is 0. The molecular formula is C13H19BrN4. The van der Waals surface area contributed by atoms with Crippen molar-refractivity contribution < 1.29 is 21.5 Å². The molecule has 0 N–H and O–H groups in total. The van der Waals surface area contributed by atoms with Gasteiger partial charge >= 0.3 is 0 Å². The van der Waals surface area contributed by atoms with Crippen LogP contribution in [0.5, 0.6) is 0 Å². The maximum Gasteiger partial charge on any atom is 0.243 e. The predicted molar refractivity (Wildman–Crippen MR) is 63.6 cm³/mol. The molecular weight excluding hydrogens is 292 g/mol. The van der Waals surface area contributed by atoms with Gasteiger partial charge in [0, 0.05) is 6.42 Å². The van der Waals surface area contributed by atoms with E-state index in [2.05, 4.69) is 16.7 Å². The van der Waals surface area contributed by atoms with E-state index in [1.165, 1.54) is 6.42 Å². The van der Waals surface area contributed by atoms with Gasteiger partial charge in [-0.2, -0.15) is 10.5 Å². The number of aromatic nitrogens is 2. The second-order valence-corrected chi connectivity index (χ2v) is 4.12. The largest absolute Gasteiger partial charge is 1.00 e. The Balaban J connectivity index is 0.00000289. The maximum absolute atomic E-state index is 8.49. The molecule has 0 saturated heterocycles. The third kappa shape index (κ3) is 7.09. The molecule has 0 aromatic carbocycles. The van der Waals surface area contributed by atoms with Gasteiger partial charge in [-0.05, 0) is 19.3 Å². The minimum Gasteiger partial charge on any atom is -1.00 e. The van der Waals surface area contributed by atoms with Crippen LogP contribution in [0, 0.1) is 22.7 Å². The molecule has 0 saturated carbocycles. The summed E-state index contributed by atoms with van der Waals surface area (Å²) >= 11 is 0. The molecule has 0 unspecified atom stereocenters. The normalized spacial score (nSPS) is 9.22. The quantitative estimate of drug-likeness (QED) is 0.465. The second kappa shape index (κ2) is 10.8. The molecule has 18 heavy (non-hydrogen) atoms. The SMILES string of the molecule is N#CCCCCCCn1cc[n+](CCC#N)c1.[Br-]. The van der Waals surface area contributed by atoms with Gasteiger partial charge in [0.2, 0.25) is 6.33 Å². The average molecular weight is 311 g/mol. The maximum atomic E-state index is 8.49. The van der Waals surface area contributed by atoms with Crippen LogP contribution in [0.2, 0.25) is 0 Å². The number of imidazole rings is 1. The van der Waals surface area contributed by atoms with Gasteiger partial charge in [-0.15, -0.1) is 0 Å². The highest BCUT2D eigenvalue weighted by molar-refractivity contribution is 4.69. The van der Waals surface area contributed by atoms with Gasteiger partial charge in [-0.25, -0.2) is 9.13 Å². The Bertz CT molecular complexity index is 400. The third-order valence-corrected chi connectivity index (χ3v) is 2.68. The van der Waals surface area contributed by atoms with E-state index in [9.17, 15) is 0 Å². The van der Waals surface area contributed by atoms with Crippen LogP contribution in [-0.2, 0) is 13.1 Å². The standard InChI is InChI=1S/C13H19N4.BrH/c14-7-4-2-1-3-5-9-16-11-12-17(13-16)10-6-8-15;/h11-13H,1-6,9-10H2;1H/q+1;/p-1. The fraction of sp³-hybridized carbons (Fsp3) is 0.615. The summed E-state index contributed by atoms with van der Waals surface area (Å²) in [5, 5.41) is 16.9. The predicted octanol–water partition coefficient (Wildman–Crippen LogP) is -0.833. The lowest BCUT2D eigenvalue weighted by Crippen LogP contribution is -3.00. The summed E-state index contributed by atoms with van der Waals surface area (Å²) in [7, 11) is 0. The van der Waals surface area contributed by atoms with Crippen molar-refractivity contribution in [3.63, 3.8) is 0 Å². The fourth-order valence-corrected chi connectivity index (χ4v) is 1.73. The molecule has 1 aromatic rings. The summed E-state index contributed by atoms with van der Waals surface area (Å²) < 4.78 is 4.20. The topological polar surface area (TPSA) is 56.4 Å². The van der Waals surface area contributed by atoms with Gasteiger partial charge in [0.25, 0.3) is 0 Å². The molecule has 0 aliphatic heterocycles. The summed E-state index contributed by atoms with van der Waals surface area (Å²) in [6, 6.07) is 4.31. The summed E-state index contributed by atoms with van der Waals surface area (Å²) in [6.07, 6.45) is 11.8. The fourth-order valence-electron chi connectivity index (χ4n) is 1.73. The van der Waals surface area contributed by atoms with Crippen molar-refractivity contribution in [1.29, 1.82) is 10.5 Å². The minimum absolute atomic E-state index is 0. The molecule has 98 valence electrons. The van der Waals surface area contributed by atoms with Crippen LogP contribution in [0.4, 0.5) is 0 Å². The molecule has 0 fully saturated rings. The molecule has 0 bridgehead atoms. The highest BCUT2D eigenvalue weighted by atomic mass is 79.9.